The molecule has 1 aromatic carbocycles. The fourth-order valence-corrected chi connectivity index (χ4v) is 1.82. The van der Waals surface area contributed by atoms with Crippen LogP contribution in [0.15, 0.2) is 18.2 Å². The van der Waals surface area contributed by atoms with Gasteiger partial charge in [0.2, 0.25) is 0 Å². The lowest BCUT2D eigenvalue weighted by Gasteiger charge is -2.14. The number of ether oxygens (including phenoxy) is 1. The van der Waals surface area contributed by atoms with Crippen LogP contribution in [0.25, 0.3) is 6.08 Å². The van der Waals surface area contributed by atoms with Crippen LogP contribution in [0.5, 0.6) is 5.75 Å². The molecule has 0 saturated carbocycles. The van der Waals surface area contributed by atoms with Crippen LogP contribution in [0.2, 0.25) is 0 Å². The molecule has 0 spiro atoms. The first-order valence-corrected chi connectivity index (χ1v) is 4.82. The van der Waals surface area contributed by atoms with Crippen LogP contribution in [-0.4, -0.2) is 12.2 Å². The van der Waals surface area contributed by atoms with E-state index >= 15 is 0 Å². The number of hydrogen-bond acceptors (Lipinski definition) is 2. The number of aliphatic hydroxyl groups is 1. The average Bonchev–Trinajstić information content (AvgIpc) is 2.27. The maximum atomic E-state index is 9.15. The second kappa shape index (κ2) is 3.84. The zero-order valence-electron chi connectivity index (χ0n) is 8.29. The van der Waals surface area contributed by atoms with Gasteiger partial charge in [0, 0.05) is 5.56 Å². The van der Waals surface area contributed by atoms with Crippen molar-refractivity contribution in [3.8, 4) is 5.75 Å². The minimum Gasteiger partial charge on any atom is -0.496 e. The lowest BCUT2D eigenvalue weighted by atomic mass is 9.95. The highest BCUT2D eigenvalue weighted by atomic mass is 16.5. The molecule has 1 aromatic rings. The summed E-state index contributed by atoms with van der Waals surface area (Å²) < 4.78 is 5.22. The number of aliphatic hydroxyl groups excluding tert-OH is 1. The molecule has 14 heavy (non-hydrogen) atoms. The smallest absolute Gasteiger partial charge is 0.124 e. The Balaban J connectivity index is 2.50. The summed E-state index contributed by atoms with van der Waals surface area (Å²) in [4.78, 5) is 0. The van der Waals surface area contributed by atoms with Gasteiger partial charge in [-0.3, -0.25) is 0 Å². The molecule has 1 aliphatic carbocycles. The molecule has 2 nitrogen and oxygen atoms in total. The van der Waals surface area contributed by atoms with E-state index in [4.69, 9.17) is 9.84 Å². The summed E-state index contributed by atoms with van der Waals surface area (Å²) in [6.07, 6.45) is 6.43. The van der Waals surface area contributed by atoms with Crippen molar-refractivity contribution in [1.29, 1.82) is 0 Å². The van der Waals surface area contributed by atoms with Crippen LogP contribution in [-0.2, 0) is 13.0 Å². The molecule has 0 heterocycles. The summed E-state index contributed by atoms with van der Waals surface area (Å²) in [7, 11) is 1.64. The molecule has 2 rings (SSSR count). The molecule has 0 radical (unpaired) electrons. The van der Waals surface area contributed by atoms with Crippen molar-refractivity contribution in [2.24, 2.45) is 0 Å². The highest BCUT2D eigenvalue weighted by Crippen LogP contribution is 2.28. The maximum absolute atomic E-state index is 9.15. The van der Waals surface area contributed by atoms with Crippen molar-refractivity contribution in [3.63, 3.8) is 0 Å². The van der Waals surface area contributed by atoms with Crippen molar-refractivity contribution >= 4 is 6.08 Å². The normalized spacial score (nSPS) is 13.9. The lowest BCUT2D eigenvalue weighted by Crippen LogP contribution is -1.99. The second-order valence-electron chi connectivity index (χ2n) is 3.46. The summed E-state index contributed by atoms with van der Waals surface area (Å²) in [5.74, 6) is 0.793. The Morgan fingerprint density at radius 2 is 2.29 bits per heavy atom. The Bertz CT molecular complexity index is 367. The zero-order chi connectivity index (χ0) is 9.97. The molecule has 1 N–H and O–H groups in total. The number of hydrogen-bond donors (Lipinski definition) is 1. The third-order valence-corrected chi connectivity index (χ3v) is 2.59. The van der Waals surface area contributed by atoms with E-state index in [1.54, 1.807) is 7.11 Å². The van der Waals surface area contributed by atoms with Crippen molar-refractivity contribution in [3.05, 3.63) is 34.9 Å². The molecule has 2 heteroatoms. The number of fused-ring (bicyclic) bond motifs is 1. The largest absolute Gasteiger partial charge is 0.496 e. The fourth-order valence-electron chi connectivity index (χ4n) is 1.82. The topological polar surface area (TPSA) is 29.5 Å². The monoisotopic (exact) mass is 190 g/mol. The molecule has 0 amide bonds. The van der Waals surface area contributed by atoms with Crippen LogP contribution in [0.3, 0.4) is 0 Å². The van der Waals surface area contributed by atoms with Gasteiger partial charge >= 0.3 is 0 Å². The van der Waals surface area contributed by atoms with Gasteiger partial charge in [-0.1, -0.05) is 12.2 Å². The van der Waals surface area contributed by atoms with Crippen LogP contribution in [0.4, 0.5) is 0 Å². The third-order valence-electron chi connectivity index (χ3n) is 2.59. The molecular weight excluding hydrogens is 176 g/mol. The van der Waals surface area contributed by atoms with Crippen molar-refractivity contribution in [1.82, 2.24) is 0 Å². The Morgan fingerprint density at radius 3 is 3.00 bits per heavy atom. The predicted molar refractivity (Wildman–Crippen MR) is 56.3 cm³/mol. The van der Waals surface area contributed by atoms with Gasteiger partial charge in [0.05, 0.1) is 13.7 Å². The van der Waals surface area contributed by atoms with Crippen LogP contribution < -0.4 is 4.74 Å². The summed E-state index contributed by atoms with van der Waals surface area (Å²) in [5.41, 5.74) is 3.38. The first-order valence-electron chi connectivity index (χ1n) is 4.82. The predicted octanol–water partition coefficient (Wildman–Crippen LogP) is 2.15. The molecule has 0 aliphatic heterocycles. The van der Waals surface area contributed by atoms with Crippen LogP contribution in [0.1, 0.15) is 23.1 Å². The first kappa shape index (κ1) is 9.28. The van der Waals surface area contributed by atoms with Gasteiger partial charge in [0.1, 0.15) is 5.75 Å². The summed E-state index contributed by atoms with van der Waals surface area (Å²) in [5, 5.41) is 9.15. The summed E-state index contributed by atoms with van der Waals surface area (Å²) >= 11 is 0. The van der Waals surface area contributed by atoms with Crippen LogP contribution in [0, 0.1) is 0 Å². The molecule has 0 saturated heterocycles. The standard InChI is InChI=1S/C12H14O2/c1-14-12-7-10-5-3-2-4-9(10)6-11(12)8-13/h2,4,6-7,13H,3,5,8H2,1H3. The molecule has 0 bridgehead atoms. The highest BCUT2D eigenvalue weighted by Gasteiger charge is 2.09. The number of methoxy groups -OCH3 is 1. The minimum absolute atomic E-state index is 0.0320. The van der Waals surface area contributed by atoms with E-state index in [2.05, 4.69) is 12.2 Å². The molecule has 0 unspecified atom stereocenters. The van der Waals surface area contributed by atoms with Gasteiger partial charge in [-0.05, 0) is 36.1 Å². The molecule has 0 atom stereocenters. The van der Waals surface area contributed by atoms with E-state index in [1.165, 1.54) is 11.1 Å². The molecule has 1 aliphatic rings. The first-order chi connectivity index (χ1) is 6.85. The van der Waals surface area contributed by atoms with Gasteiger partial charge in [-0.25, -0.2) is 0 Å². The van der Waals surface area contributed by atoms with Gasteiger partial charge in [-0.2, -0.15) is 0 Å². The SMILES string of the molecule is COc1cc2c(cc1CO)C=CCC2. The Labute approximate surface area is 83.8 Å². The maximum Gasteiger partial charge on any atom is 0.124 e. The third kappa shape index (κ3) is 1.53. The van der Waals surface area contributed by atoms with Gasteiger partial charge in [0.25, 0.3) is 0 Å². The zero-order valence-corrected chi connectivity index (χ0v) is 8.29. The quantitative estimate of drug-likeness (QED) is 0.774. The Morgan fingerprint density at radius 1 is 1.43 bits per heavy atom. The molecule has 74 valence electrons. The van der Waals surface area contributed by atoms with E-state index in [9.17, 15) is 0 Å². The molecular formula is C12H14O2. The van der Waals surface area contributed by atoms with Crippen molar-refractivity contribution in [2.45, 2.75) is 19.4 Å². The Hall–Kier alpha value is -1.28. The Kier molecular flexibility index (Phi) is 2.55. The minimum atomic E-state index is 0.0320. The molecule has 0 aromatic heterocycles. The second-order valence-corrected chi connectivity index (χ2v) is 3.46. The average molecular weight is 190 g/mol. The van der Waals surface area contributed by atoms with E-state index in [-0.39, 0.29) is 6.61 Å². The van der Waals surface area contributed by atoms with Gasteiger partial charge in [0.15, 0.2) is 0 Å². The number of benzene rings is 1. The number of allylic oxidation sites excluding steroid dienone is 1. The van der Waals surface area contributed by atoms with Crippen molar-refractivity contribution < 1.29 is 9.84 Å². The number of aryl methyl sites for hydroxylation is 1. The van der Waals surface area contributed by atoms with Gasteiger partial charge in [-0.15, -0.1) is 0 Å². The summed E-state index contributed by atoms with van der Waals surface area (Å²) in [6, 6.07) is 4.04. The van der Waals surface area contributed by atoms with E-state index < -0.39 is 0 Å². The molecule has 0 fully saturated rings. The van der Waals surface area contributed by atoms with E-state index in [0.29, 0.717) is 0 Å². The van der Waals surface area contributed by atoms with E-state index in [0.717, 1.165) is 24.2 Å². The lowest BCUT2D eigenvalue weighted by molar-refractivity contribution is 0.273. The van der Waals surface area contributed by atoms with Crippen molar-refractivity contribution in [2.75, 3.05) is 7.11 Å². The summed E-state index contributed by atoms with van der Waals surface area (Å²) in [6.45, 7) is 0.0320. The van der Waals surface area contributed by atoms with E-state index in [1.807, 2.05) is 12.1 Å². The fraction of sp³-hybridized carbons (Fsp3) is 0.333. The highest BCUT2D eigenvalue weighted by molar-refractivity contribution is 5.60. The number of rotatable bonds is 2. The van der Waals surface area contributed by atoms with Gasteiger partial charge < -0.3 is 9.84 Å². The van der Waals surface area contributed by atoms with Crippen LogP contribution >= 0.6 is 0 Å².